The number of nitrogens with two attached hydrogens (primary N) is 2. The van der Waals surface area contributed by atoms with Gasteiger partial charge in [-0.3, -0.25) is 4.68 Å². The van der Waals surface area contributed by atoms with Crippen LogP contribution in [0.1, 0.15) is 25.3 Å². The SMILES string of the molecule is C=C(/C=C\C=C/C)C1=C(Nc2ccc(N)c(Nc3ccccc3)c2)C=C(c2ccc3c(c2)c2ccccc2n3N)CC1. The molecule has 0 amide bonds. The zero-order valence-corrected chi connectivity index (χ0v) is 23.8. The van der Waals surface area contributed by atoms with Crippen LogP contribution in [0.3, 0.4) is 0 Å². The van der Waals surface area contributed by atoms with Gasteiger partial charge in [0.15, 0.2) is 0 Å². The van der Waals surface area contributed by atoms with Crippen molar-refractivity contribution in [2.45, 2.75) is 19.8 Å². The van der Waals surface area contributed by atoms with Gasteiger partial charge in [-0.2, -0.15) is 0 Å². The minimum Gasteiger partial charge on any atom is -0.397 e. The van der Waals surface area contributed by atoms with Crippen LogP contribution in [0, 0.1) is 0 Å². The molecule has 0 radical (unpaired) electrons. The van der Waals surface area contributed by atoms with E-state index in [2.05, 4.69) is 71.8 Å². The number of rotatable bonds is 8. The van der Waals surface area contributed by atoms with Crippen molar-refractivity contribution in [1.29, 1.82) is 0 Å². The summed E-state index contributed by atoms with van der Waals surface area (Å²) < 4.78 is 1.78. The number of nitrogen functional groups attached to an aromatic ring is 2. The lowest BCUT2D eigenvalue weighted by Crippen LogP contribution is -2.09. The molecule has 0 atom stereocenters. The van der Waals surface area contributed by atoms with Gasteiger partial charge in [0.1, 0.15) is 0 Å². The first kappa shape index (κ1) is 26.8. The molecular weight excluding hydrogens is 514 g/mol. The van der Waals surface area contributed by atoms with Gasteiger partial charge in [0.25, 0.3) is 0 Å². The lowest BCUT2D eigenvalue weighted by Gasteiger charge is -2.23. The number of fused-ring (bicyclic) bond motifs is 3. The minimum atomic E-state index is 0.685. The third-order valence-corrected chi connectivity index (χ3v) is 7.74. The van der Waals surface area contributed by atoms with Gasteiger partial charge in [-0.25, -0.2) is 0 Å². The second-order valence-electron chi connectivity index (χ2n) is 10.5. The molecule has 42 heavy (non-hydrogen) atoms. The normalized spacial score (nSPS) is 13.8. The summed E-state index contributed by atoms with van der Waals surface area (Å²) in [6.07, 6.45) is 12.2. The Bertz CT molecular complexity index is 1920. The zero-order chi connectivity index (χ0) is 29.1. The van der Waals surface area contributed by atoms with Crippen LogP contribution < -0.4 is 22.2 Å². The fraction of sp³-hybridized carbons (Fsp3) is 0.0811. The van der Waals surface area contributed by atoms with Crippen molar-refractivity contribution in [3.05, 3.63) is 150 Å². The van der Waals surface area contributed by atoms with Crippen LogP contribution in [0.4, 0.5) is 22.7 Å². The van der Waals surface area contributed by atoms with Gasteiger partial charge in [-0.1, -0.05) is 73.3 Å². The number of para-hydroxylation sites is 2. The number of anilines is 4. The van der Waals surface area contributed by atoms with Crippen molar-refractivity contribution in [2.75, 3.05) is 22.2 Å². The summed E-state index contributed by atoms with van der Waals surface area (Å²) in [5, 5.41) is 9.45. The predicted molar refractivity (Wildman–Crippen MR) is 181 cm³/mol. The van der Waals surface area contributed by atoms with Gasteiger partial charge in [0.05, 0.1) is 22.4 Å². The van der Waals surface area contributed by atoms with E-state index in [0.29, 0.717) is 5.69 Å². The van der Waals surface area contributed by atoms with Crippen molar-refractivity contribution >= 4 is 50.1 Å². The summed E-state index contributed by atoms with van der Waals surface area (Å²) >= 11 is 0. The summed E-state index contributed by atoms with van der Waals surface area (Å²) in [4.78, 5) is 0. The topological polar surface area (TPSA) is 81.0 Å². The number of nitrogens with one attached hydrogen (secondary N) is 2. The maximum atomic E-state index is 6.43. The monoisotopic (exact) mass is 549 g/mol. The van der Waals surface area contributed by atoms with E-state index in [1.807, 2.05) is 73.7 Å². The van der Waals surface area contributed by atoms with Gasteiger partial charge in [-0.05, 0) is 96.7 Å². The standard InChI is InChI=1S/C37H35N5/c1-3-4-6-11-25(2)30-19-16-27(26-17-21-37-32(22-26)31-14-9-10-15-36(31)42(37)39)23-34(30)41-29-18-20-33(38)35(24-29)40-28-12-7-5-8-13-28/h3-15,17-18,20-24,40-41H,2,16,19,38-39H2,1H3/b4-3-,11-6-. The molecule has 0 aliphatic heterocycles. The van der Waals surface area contributed by atoms with Crippen LogP contribution >= 0.6 is 0 Å². The summed E-state index contributed by atoms with van der Waals surface area (Å²) in [5.74, 6) is 6.43. The van der Waals surface area contributed by atoms with Crippen molar-refractivity contribution < 1.29 is 0 Å². The summed E-state index contributed by atoms with van der Waals surface area (Å²) in [5.41, 5.74) is 17.5. The molecular formula is C37H35N5. The first-order valence-electron chi connectivity index (χ1n) is 14.2. The molecule has 1 aromatic heterocycles. The summed E-state index contributed by atoms with van der Waals surface area (Å²) in [6.45, 7) is 6.42. The molecule has 1 aliphatic carbocycles. The molecule has 1 heterocycles. The average molecular weight is 550 g/mol. The lowest BCUT2D eigenvalue weighted by molar-refractivity contribution is 0.975. The molecule has 1 aliphatic rings. The van der Waals surface area contributed by atoms with Crippen molar-refractivity contribution in [1.82, 2.24) is 4.68 Å². The Hall–Kier alpha value is -5.42. The quantitative estimate of drug-likeness (QED) is 0.0884. The van der Waals surface area contributed by atoms with E-state index in [9.17, 15) is 0 Å². The molecule has 5 heteroatoms. The van der Waals surface area contributed by atoms with Crippen LogP contribution in [0.2, 0.25) is 0 Å². The molecule has 0 unspecified atom stereocenters. The molecule has 208 valence electrons. The highest BCUT2D eigenvalue weighted by molar-refractivity contribution is 6.09. The van der Waals surface area contributed by atoms with Crippen LogP contribution in [0.15, 0.2) is 145 Å². The third-order valence-electron chi connectivity index (χ3n) is 7.74. The van der Waals surface area contributed by atoms with Gasteiger partial charge in [0.2, 0.25) is 0 Å². The first-order valence-corrected chi connectivity index (χ1v) is 14.2. The number of benzene rings is 4. The number of nitrogens with zero attached hydrogens (tertiary/aromatic N) is 1. The Morgan fingerprint density at radius 1 is 0.810 bits per heavy atom. The maximum absolute atomic E-state index is 6.43. The highest BCUT2D eigenvalue weighted by Crippen LogP contribution is 2.37. The van der Waals surface area contributed by atoms with E-state index in [1.165, 1.54) is 16.7 Å². The molecule has 6 rings (SSSR count). The van der Waals surface area contributed by atoms with Crippen LogP contribution in [-0.4, -0.2) is 4.68 Å². The molecule has 6 N–H and O–H groups in total. The van der Waals surface area contributed by atoms with Crippen molar-refractivity contribution in [2.24, 2.45) is 0 Å². The second-order valence-corrected chi connectivity index (χ2v) is 10.5. The van der Waals surface area contributed by atoms with Crippen molar-refractivity contribution in [3.63, 3.8) is 0 Å². The molecule has 4 aromatic carbocycles. The molecule has 0 bridgehead atoms. The van der Waals surface area contributed by atoms with Gasteiger partial charge < -0.3 is 22.2 Å². The number of aromatic nitrogens is 1. The predicted octanol–water partition coefficient (Wildman–Crippen LogP) is 9.07. The average Bonchev–Trinajstić information content (AvgIpc) is 3.30. The first-order chi connectivity index (χ1) is 20.5. The van der Waals surface area contributed by atoms with Crippen LogP contribution in [0.25, 0.3) is 27.4 Å². The Kier molecular flexibility index (Phi) is 7.39. The van der Waals surface area contributed by atoms with E-state index in [-0.39, 0.29) is 0 Å². The van der Waals surface area contributed by atoms with E-state index < -0.39 is 0 Å². The van der Waals surface area contributed by atoms with Crippen LogP contribution in [0.5, 0.6) is 0 Å². The fourth-order valence-electron chi connectivity index (χ4n) is 5.56. The van der Waals surface area contributed by atoms with Gasteiger partial charge in [-0.15, -0.1) is 0 Å². The van der Waals surface area contributed by atoms with E-state index >= 15 is 0 Å². The molecule has 0 saturated heterocycles. The van der Waals surface area contributed by atoms with Gasteiger partial charge in [0, 0.05) is 27.8 Å². The molecule has 0 spiro atoms. The summed E-state index contributed by atoms with van der Waals surface area (Å²) in [7, 11) is 0. The Labute approximate surface area is 246 Å². The largest absolute Gasteiger partial charge is 0.397 e. The Morgan fingerprint density at radius 3 is 2.43 bits per heavy atom. The smallest absolute Gasteiger partial charge is 0.0704 e. The molecule has 5 nitrogen and oxygen atoms in total. The maximum Gasteiger partial charge on any atom is 0.0704 e. The molecule has 0 fully saturated rings. The third kappa shape index (κ3) is 5.32. The van der Waals surface area contributed by atoms with Crippen LogP contribution in [-0.2, 0) is 0 Å². The minimum absolute atomic E-state index is 0.685. The van der Waals surface area contributed by atoms with E-state index in [4.69, 9.17) is 11.6 Å². The summed E-state index contributed by atoms with van der Waals surface area (Å²) in [6, 6.07) is 30.9. The highest BCUT2D eigenvalue weighted by Gasteiger charge is 2.18. The molecule has 5 aromatic rings. The second kappa shape index (κ2) is 11.6. The number of allylic oxidation sites excluding steroid dienone is 8. The zero-order valence-electron chi connectivity index (χ0n) is 23.8. The Balaban J connectivity index is 1.39. The fourth-order valence-corrected chi connectivity index (χ4v) is 5.56. The number of hydrogen-bond acceptors (Lipinski definition) is 4. The van der Waals surface area contributed by atoms with E-state index in [0.717, 1.165) is 63.0 Å². The lowest BCUT2D eigenvalue weighted by atomic mass is 9.87. The Morgan fingerprint density at radius 2 is 1.60 bits per heavy atom. The van der Waals surface area contributed by atoms with E-state index in [1.54, 1.807) is 4.68 Å². The number of hydrogen-bond donors (Lipinski definition) is 4. The highest BCUT2D eigenvalue weighted by atomic mass is 15.3. The molecule has 0 saturated carbocycles. The van der Waals surface area contributed by atoms with Crippen molar-refractivity contribution in [3.8, 4) is 0 Å². The van der Waals surface area contributed by atoms with Gasteiger partial charge >= 0.3 is 0 Å².